The lowest BCUT2D eigenvalue weighted by Gasteiger charge is -1.89. The van der Waals surface area contributed by atoms with Gasteiger partial charge >= 0.3 is 0 Å². The molecule has 2 aromatic rings. The molecule has 0 saturated heterocycles. The van der Waals surface area contributed by atoms with E-state index in [-0.39, 0.29) is 0 Å². The van der Waals surface area contributed by atoms with E-state index in [9.17, 15) is 0 Å². The van der Waals surface area contributed by atoms with Gasteiger partial charge in [-0.3, -0.25) is 0 Å². The first kappa shape index (κ1) is 5.22. The number of nitrogen functional groups attached to an aromatic ring is 1. The van der Waals surface area contributed by atoms with E-state index in [4.69, 9.17) is 5.84 Å². The first-order valence-corrected chi connectivity index (χ1v) is 2.91. The SMILES string of the molecule is Nn1cnc2cccnc21. The van der Waals surface area contributed by atoms with Crippen LogP contribution in [0, 0.1) is 0 Å². The number of aromatic nitrogens is 3. The third-order valence-electron chi connectivity index (χ3n) is 1.33. The second-order valence-electron chi connectivity index (χ2n) is 2.00. The monoisotopic (exact) mass is 134 g/mol. The topological polar surface area (TPSA) is 56.7 Å². The van der Waals surface area contributed by atoms with Crippen LogP contribution in [0.1, 0.15) is 0 Å². The van der Waals surface area contributed by atoms with Crippen molar-refractivity contribution in [2.24, 2.45) is 0 Å². The fourth-order valence-corrected chi connectivity index (χ4v) is 0.867. The van der Waals surface area contributed by atoms with Gasteiger partial charge in [-0.05, 0) is 12.1 Å². The number of hydrogen-bond acceptors (Lipinski definition) is 3. The van der Waals surface area contributed by atoms with Crippen LogP contribution in [-0.4, -0.2) is 14.6 Å². The third kappa shape index (κ3) is 0.556. The second kappa shape index (κ2) is 1.70. The molecule has 2 heterocycles. The predicted molar refractivity (Wildman–Crippen MR) is 37.7 cm³/mol. The molecule has 0 spiro atoms. The smallest absolute Gasteiger partial charge is 0.178 e. The average molecular weight is 134 g/mol. The average Bonchev–Trinajstić information content (AvgIpc) is 2.34. The van der Waals surface area contributed by atoms with Gasteiger partial charge in [-0.1, -0.05) is 0 Å². The molecule has 0 unspecified atom stereocenters. The predicted octanol–water partition coefficient (Wildman–Crippen LogP) is 0.145. The van der Waals surface area contributed by atoms with Crippen molar-refractivity contribution in [3.8, 4) is 0 Å². The van der Waals surface area contributed by atoms with Gasteiger partial charge in [0.05, 0.1) is 0 Å². The minimum Gasteiger partial charge on any atom is -0.336 e. The summed E-state index contributed by atoms with van der Waals surface area (Å²) in [5.74, 6) is 5.47. The van der Waals surface area contributed by atoms with Crippen molar-refractivity contribution >= 4 is 11.2 Å². The Hall–Kier alpha value is -1.58. The second-order valence-corrected chi connectivity index (χ2v) is 2.00. The molecular weight excluding hydrogens is 128 g/mol. The summed E-state index contributed by atoms with van der Waals surface area (Å²) in [5.41, 5.74) is 1.53. The number of pyridine rings is 1. The Morgan fingerprint density at radius 1 is 1.40 bits per heavy atom. The first-order valence-electron chi connectivity index (χ1n) is 2.91. The van der Waals surface area contributed by atoms with Gasteiger partial charge in [-0.25, -0.2) is 14.6 Å². The maximum atomic E-state index is 5.47. The van der Waals surface area contributed by atoms with Gasteiger partial charge in [0.2, 0.25) is 0 Å². The van der Waals surface area contributed by atoms with Gasteiger partial charge in [-0.2, -0.15) is 0 Å². The zero-order valence-corrected chi connectivity index (χ0v) is 5.23. The number of nitrogens with two attached hydrogens (primary N) is 1. The number of imidazole rings is 1. The number of rotatable bonds is 0. The van der Waals surface area contributed by atoms with Crippen molar-refractivity contribution < 1.29 is 0 Å². The Bertz CT molecular complexity index is 351. The highest BCUT2D eigenvalue weighted by Crippen LogP contribution is 2.03. The molecule has 4 heteroatoms. The number of fused-ring (bicyclic) bond motifs is 1. The fraction of sp³-hybridized carbons (Fsp3) is 0. The first-order chi connectivity index (χ1) is 4.88. The van der Waals surface area contributed by atoms with Crippen molar-refractivity contribution in [1.29, 1.82) is 0 Å². The highest BCUT2D eigenvalue weighted by atomic mass is 15.3. The van der Waals surface area contributed by atoms with Crippen molar-refractivity contribution in [2.45, 2.75) is 0 Å². The fourth-order valence-electron chi connectivity index (χ4n) is 0.867. The van der Waals surface area contributed by atoms with E-state index in [1.54, 1.807) is 6.20 Å². The molecule has 0 aliphatic heterocycles. The molecule has 0 radical (unpaired) electrons. The van der Waals surface area contributed by atoms with Crippen LogP contribution in [0.15, 0.2) is 24.7 Å². The van der Waals surface area contributed by atoms with E-state index in [1.165, 1.54) is 11.0 Å². The Morgan fingerprint density at radius 2 is 2.30 bits per heavy atom. The van der Waals surface area contributed by atoms with Crippen molar-refractivity contribution in [1.82, 2.24) is 14.6 Å². The zero-order valence-electron chi connectivity index (χ0n) is 5.23. The van der Waals surface area contributed by atoms with Crippen LogP contribution >= 0.6 is 0 Å². The summed E-state index contributed by atoms with van der Waals surface area (Å²) >= 11 is 0. The molecule has 2 rings (SSSR count). The molecule has 4 nitrogen and oxygen atoms in total. The highest BCUT2D eigenvalue weighted by Gasteiger charge is 1.96. The molecule has 0 aromatic carbocycles. The lowest BCUT2D eigenvalue weighted by atomic mass is 10.4. The molecule has 2 aromatic heterocycles. The van der Waals surface area contributed by atoms with Gasteiger partial charge in [-0.15, -0.1) is 0 Å². The largest absolute Gasteiger partial charge is 0.336 e. The molecule has 0 aliphatic carbocycles. The summed E-state index contributed by atoms with van der Waals surface area (Å²) in [5, 5.41) is 0. The van der Waals surface area contributed by atoms with Gasteiger partial charge < -0.3 is 5.84 Å². The van der Waals surface area contributed by atoms with Crippen molar-refractivity contribution in [3.05, 3.63) is 24.7 Å². The molecule has 50 valence electrons. The summed E-state index contributed by atoms with van der Waals surface area (Å²) in [4.78, 5) is 8.01. The number of nitrogens with zero attached hydrogens (tertiary/aromatic N) is 3. The molecule has 0 fully saturated rings. The zero-order chi connectivity index (χ0) is 6.97. The van der Waals surface area contributed by atoms with Crippen LogP contribution in [0.3, 0.4) is 0 Å². The van der Waals surface area contributed by atoms with Crippen molar-refractivity contribution in [3.63, 3.8) is 0 Å². The highest BCUT2D eigenvalue weighted by molar-refractivity contribution is 5.69. The van der Waals surface area contributed by atoms with Crippen LogP contribution < -0.4 is 5.84 Å². The minimum absolute atomic E-state index is 0.711. The summed E-state index contributed by atoms with van der Waals surface area (Å²) in [6, 6.07) is 3.70. The summed E-state index contributed by atoms with van der Waals surface area (Å²) in [6.45, 7) is 0. The Morgan fingerprint density at radius 3 is 3.10 bits per heavy atom. The molecule has 0 atom stereocenters. The summed E-state index contributed by atoms with van der Waals surface area (Å²) < 4.78 is 1.40. The molecule has 0 amide bonds. The molecule has 10 heavy (non-hydrogen) atoms. The summed E-state index contributed by atoms with van der Waals surface area (Å²) in [6.07, 6.45) is 3.23. The third-order valence-corrected chi connectivity index (χ3v) is 1.33. The molecule has 2 N–H and O–H groups in total. The van der Waals surface area contributed by atoms with Crippen LogP contribution in [0.25, 0.3) is 11.2 Å². The van der Waals surface area contributed by atoms with E-state index in [1.807, 2.05) is 12.1 Å². The van der Waals surface area contributed by atoms with Gasteiger partial charge in [0, 0.05) is 6.20 Å². The number of hydrogen-bond donors (Lipinski definition) is 1. The molecule has 0 bridgehead atoms. The lowest BCUT2D eigenvalue weighted by Crippen LogP contribution is -2.05. The van der Waals surface area contributed by atoms with E-state index in [0.717, 1.165) is 5.52 Å². The Labute approximate surface area is 57.3 Å². The van der Waals surface area contributed by atoms with Crippen molar-refractivity contribution in [2.75, 3.05) is 5.84 Å². The van der Waals surface area contributed by atoms with Crippen LogP contribution in [0.5, 0.6) is 0 Å². The molecular formula is C6H6N4. The Balaban J connectivity index is 2.93. The van der Waals surface area contributed by atoms with Crippen LogP contribution in [0.2, 0.25) is 0 Å². The minimum atomic E-state index is 0.711. The van der Waals surface area contributed by atoms with Crippen LogP contribution in [0.4, 0.5) is 0 Å². The Kier molecular flexibility index (Phi) is 0.887. The lowest BCUT2D eigenvalue weighted by molar-refractivity contribution is 1.01. The van der Waals surface area contributed by atoms with E-state index >= 15 is 0 Å². The van der Waals surface area contributed by atoms with Gasteiger partial charge in [0.15, 0.2) is 5.65 Å². The van der Waals surface area contributed by atoms with E-state index < -0.39 is 0 Å². The quantitative estimate of drug-likeness (QED) is 0.521. The van der Waals surface area contributed by atoms with E-state index in [0.29, 0.717) is 5.65 Å². The van der Waals surface area contributed by atoms with Gasteiger partial charge in [0.25, 0.3) is 0 Å². The molecule has 0 saturated carbocycles. The summed E-state index contributed by atoms with van der Waals surface area (Å²) in [7, 11) is 0. The van der Waals surface area contributed by atoms with Crippen LogP contribution in [-0.2, 0) is 0 Å². The maximum Gasteiger partial charge on any atom is 0.178 e. The van der Waals surface area contributed by atoms with E-state index in [2.05, 4.69) is 9.97 Å². The standard InChI is InChI=1S/C6H6N4/c7-10-4-9-5-2-1-3-8-6(5)10/h1-4H,7H2. The maximum absolute atomic E-state index is 5.47. The molecule has 0 aliphatic rings. The van der Waals surface area contributed by atoms with Gasteiger partial charge in [0.1, 0.15) is 11.8 Å². The normalized spacial score (nSPS) is 10.4.